The Hall–Kier alpha value is -2.52. The van der Waals surface area contributed by atoms with Crippen LogP contribution >= 0.6 is 50.9 Å². The lowest BCUT2D eigenvalue weighted by Gasteiger charge is -2.14. The first-order valence-corrected chi connectivity index (χ1v) is 12.3. The number of carbonyl (C=O) groups is 2. The lowest BCUT2D eigenvalue weighted by atomic mass is 10.1. The Morgan fingerprint density at radius 2 is 1.94 bits per heavy atom. The molecule has 0 saturated carbocycles. The summed E-state index contributed by atoms with van der Waals surface area (Å²) in [5.74, 6) is 0.608. The Labute approximate surface area is 219 Å². The summed E-state index contributed by atoms with van der Waals surface area (Å²) in [7, 11) is 1.53. The van der Waals surface area contributed by atoms with Crippen molar-refractivity contribution in [2.45, 2.75) is 13.2 Å². The molecule has 0 atom stereocenters. The van der Waals surface area contributed by atoms with Gasteiger partial charge in [0.25, 0.3) is 11.1 Å². The summed E-state index contributed by atoms with van der Waals surface area (Å²) >= 11 is 16.4. The number of halogens is 3. The largest absolute Gasteiger partial charge is 0.493 e. The third-order valence-electron chi connectivity index (χ3n) is 4.84. The van der Waals surface area contributed by atoms with Crippen LogP contribution in [0.1, 0.15) is 16.8 Å². The number of hydrogen-bond acceptors (Lipinski definition) is 6. The predicted molar refractivity (Wildman–Crippen MR) is 137 cm³/mol. The summed E-state index contributed by atoms with van der Waals surface area (Å²) in [5.41, 5.74) is 2.15. The maximum absolute atomic E-state index is 12.9. The van der Waals surface area contributed by atoms with Crippen molar-refractivity contribution in [1.82, 2.24) is 9.88 Å². The van der Waals surface area contributed by atoms with Gasteiger partial charge in [-0.05, 0) is 81.3 Å². The zero-order valence-corrected chi connectivity index (χ0v) is 21.7. The van der Waals surface area contributed by atoms with Crippen molar-refractivity contribution in [2.75, 3.05) is 7.11 Å². The van der Waals surface area contributed by atoms with Gasteiger partial charge in [-0.1, -0.05) is 35.3 Å². The van der Waals surface area contributed by atoms with Gasteiger partial charge in [-0.2, -0.15) is 0 Å². The van der Waals surface area contributed by atoms with Gasteiger partial charge in [-0.25, -0.2) is 0 Å². The van der Waals surface area contributed by atoms with E-state index < -0.39 is 0 Å². The molecule has 0 spiro atoms. The smallest absolute Gasteiger partial charge is 0.293 e. The normalized spacial score (nSPS) is 14.7. The summed E-state index contributed by atoms with van der Waals surface area (Å²) < 4.78 is 12.0. The Morgan fingerprint density at radius 3 is 2.65 bits per heavy atom. The van der Waals surface area contributed by atoms with Gasteiger partial charge >= 0.3 is 0 Å². The number of hydrogen-bond donors (Lipinski definition) is 0. The first-order chi connectivity index (χ1) is 16.4. The number of ether oxygens (including phenoxy) is 2. The molecule has 34 heavy (non-hydrogen) atoms. The van der Waals surface area contributed by atoms with E-state index in [-0.39, 0.29) is 24.3 Å². The van der Waals surface area contributed by atoms with Crippen LogP contribution in [0.25, 0.3) is 6.08 Å². The number of benzene rings is 2. The van der Waals surface area contributed by atoms with Crippen molar-refractivity contribution in [3.63, 3.8) is 0 Å². The molecule has 6 nitrogen and oxygen atoms in total. The summed E-state index contributed by atoms with van der Waals surface area (Å²) in [4.78, 5) is 31.2. The van der Waals surface area contributed by atoms with E-state index in [2.05, 4.69) is 20.9 Å². The molecule has 0 radical (unpaired) electrons. The summed E-state index contributed by atoms with van der Waals surface area (Å²) in [6, 6.07) is 14.1. The average Bonchev–Trinajstić information content (AvgIpc) is 3.08. The molecular formula is C24H17BrCl2N2O4S. The van der Waals surface area contributed by atoms with Crippen LogP contribution in [0.15, 0.2) is 64.1 Å². The third kappa shape index (κ3) is 5.58. The minimum atomic E-state index is -0.383. The molecule has 3 aromatic rings. The number of carbonyl (C=O) groups excluding carboxylic acids is 2. The van der Waals surface area contributed by atoms with Crippen LogP contribution in [0.5, 0.6) is 11.5 Å². The molecule has 1 fully saturated rings. The van der Waals surface area contributed by atoms with Gasteiger partial charge in [0.2, 0.25) is 0 Å². The lowest BCUT2D eigenvalue weighted by molar-refractivity contribution is -0.123. The average molecular weight is 580 g/mol. The van der Waals surface area contributed by atoms with Crippen LogP contribution in [-0.4, -0.2) is 28.1 Å². The molecule has 1 aromatic heterocycles. The zero-order chi connectivity index (χ0) is 24.2. The Bertz CT molecular complexity index is 1290. The predicted octanol–water partition coefficient (Wildman–Crippen LogP) is 6.98. The van der Waals surface area contributed by atoms with Gasteiger partial charge in [0.05, 0.1) is 38.8 Å². The van der Waals surface area contributed by atoms with Gasteiger partial charge < -0.3 is 9.47 Å². The maximum atomic E-state index is 12.9. The van der Waals surface area contributed by atoms with E-state index >= 15 is 0 Å². The fraction of sp³-hybridized carbons (Fsp3) is 0.125. The summed E-state index contributed by atoms with van der Waals surface area (Å²) in [5, 5.41) is 0.416. The van der Waals surface area contributed by atoms with Gasteiger partial charge in [-0.15, -0.1) is 0 Å². The highest BCUT2D eigenvalue weighted by Gasteiger charge is 2.35. The molecule has 2 heterocycles. The number of amides is 2. The van der Waals surface area contributed by atoms with Crippen molar-refractivity contribution in [1.29, 1.82) is 0 Å². The van der Waals surface area contributed by atoms with Gasteiger partial charge in [0.1, 0.15) is 6.61 Å². The molecule has 2 amide bonds. The number of methoxy groups -OCH3 is 1. The topological polar surface area (TPSA) is 68.7 Å². The minimum Gasteiger partial charge on any atom is -0.493 e. The minimum absolute atomic E-state index is 0.103. The first kappa shape index (κ1) is 24.6. The molecule has 10 heteroatoms. The lowest BCUT2D eigenvalue weighted by Crippen LogP contribution is -2.27. The number of thioether (sulfide) groups is 1. The molecule has 1 aliphatic heterocycles. The second-order valence-corrected chi connectivity index (χ2v) is 9.82. The standard InChI is InChI=1S/C24H17BrCl2N2O4S/c1-32-20-10-15(8-17(25)22(20)33-13-16-4-2-3-7-28-16)11-21-23(30)29(24(31)34-21)12-14-5-6-18(26)19(27)9-14/h2-11H,12-13H2,1H3/b21-11-. The van der Waals surface area contributed by atoms with Crippen LogP contribution in [-0.2, 0) is 17.9 Å². The van der Waals surface area contributed by atoms with E-state index in [0.29, 0.717) is 42.0 Å². The number of rotatable bonds is 7. The Balaban J connectivity index is 1.53. The molecule has 2 aromatic carbocycles. The van der Waals surface area contributed by atoms with Crippen LogP contribution < -0.4 is 9.47 Å². The zero-order valence-electron chi connectivity index (χ0n) is 17.8. The number of nitrogens with zero attached hydrogens (tertiary/aromatic N) is 2. The molecule has 0 bridgehead atoms. The van der Waals surface area contributed by atoms with Crippen LogP contribution in [0, 0.1) is 0 Å². The summed E-state index contributed by atoms with van der Waals surface area (Å²) in [6.45, 7) is 0.370. The fourth-order valence-corrected chi connectivity index (χ4v) is 4.93. The van der Waals surface area contributed by atoms with Crippen LogP contribution in [0.3, 0.4) is 0 Å². The first-order valence-electron chi connectivity index (χ1n) is 9.95. The third-order valence-corrected chi connectivity index (χ3v) is 7.07. The van der Waals surface area contributed by atoms with Crippen molar-refractivity contribution in [2.24, 2.45) is 0 Å². The highest BCUT2D eigenvalue weighted by atomic mass is 79.9. The van der Waals surface area contributed by atoms with Crippen molar-refractivity contribution >= 4 is 68.1 Å². The monoisotopic (exact) mass is 578 g/mol. The fourth-order valence-electron chi connectivity index (χ4n) is 3.20. The maximum Gasteiger partial charge on any atom is 0.293 e. The molecule has 0 unspecified atom stereocenters. The SMILES string of the molecule is COc1cc(/C=C2\SC(=O)N(Cc3ccc(Cl)c(Cl)c3)C2=O)cc(Br)c1OCc1ccccn1. The van der Waals surface area contributed by atoms with E-state index in [0.717, 1.165) is 17.5 Å². The van der Waals surface area contributed by atoms with Gasteiger partial charge in [0.15, 0.2) is 11.5 Å². The molecule has 0 aliphatic carbocycles. The summed E-state index contributed by atoms with van der Waals surface area (Å²) in [6.07, 6.45) is 3.35. The molecule has 1 saturated heterocycles. The second-order valence-electron chi connectivity index (χ2n) is 7.16. The van der Waals surface area contributed by atoms with E-state index in [1.807, 2.05) is 18.2 Å². The highest BCUT2D eigenvalue weighted by molar-refractivity contribution is 9.10. The van der Waals surface area contributed by atoms with E-state index in [9.17, 15) is 9.59 Å². The number of pyridine rings is 1. The van der Waals surface area contributed by atoms with Crippen molar-refractivity contribution in [3.05, 3.63) is 91.0 Å². The quantitative estimate of drug-likeness (QED) is 0.281. The second kappa shape index (κ2) is 10.8. The van der Waals surface area contributed by atoms with Crippen LogP contribution in [0.4, 0.5) is 4.79 Å². The molecule has 174 valence electrons. The number of aromatic nitrogens is 1. The number of imide groups is 1. The van der Waals surface area contributed by atoms with E-state index in [1.54, 1.807) is 42.6 Å². The molecular weight excluding hydrogens is 563 g/mol. The van der Waals surface area contributed by atoms with Gasteiger partial charge in [-0.3, -0.25) is 19.5 Å². The van der Waals surface area contributed by atoms with Crippen molar-refractivity contribution in [3.8, 4) is 11.5 Å². The van der Waals surface area contributed by atoms with E-state index in [4.69, 9.17) is 32.7 Å². The molecule has 4 rings (SSSR count). The Kier molecular flexibility index (Phi) is 7.83. The highest BCUT2D eigenvalue weighted by Crippen LogP contribution is 2.39. The van der Waals surface area contributed by atoms with Crippen LogP contribution in [0.2, 0.25) is 10.0 Å². The van der Waals surface area contributed by atoms with Gasteiger partial charge in [0, 0.05) is 6.20 Å². The van der Waals surface area contributed by atoms with E-state index in [1.165, 1.54) is 12.0 Å². The molecule has 0 N–H and O–H groups in total. The van der Waals surface area contributed by atoms with Crippen molar-refractivity contribution < 1.29 is 19.1 Å². The molecule has 1 aliphatic rings. The Morgan fingerprint density at radius 1 is 1.12 bits per heavy atom.